The highest BCUT2D eigenvalue weighted by molar-refractivity contribution is 6.09. The average molecular weight is 816 g/mol. The zero-order valence-electron chi connectivity index (χ0n) is 35.0. The van der Waals surface area contributed by atoms with Crippen LogP contribution in [0.15, 0.2) is 253 Å². The highest BCUT2D eigenvalue weighted by Gasteiger charge is 2.19. The summed E-state index contributed by atoms with van der Waals surface area (Å²) >= 11 is 0. The van der Waals surface area contributed by atoms with Crippen molar-refractivity contribution in [2.75, 3.05) is 4.90 Å². The van der Waals surface area contributed by atoms with Crippen molar-refractivity contribution in [1.29, 1.82) is 0 Å². The van der Waals surface area contributed by atoms with Gasteiger partial charge in [0.2, 0.25) is 0 Å². The topological polar surface area (TPSA) is 16.4 Å². The molecule has 0 saturated heterocycles. The monoisotopic (exact) mass is 815 g/mol. The molecule has 2 heteroatoms. The van der Waals surface area contributed by atoms with Crippen LogP contribution >= 0.6 is 0 Å². The van der Waals surface area contributed by atoms with Crippen molar-refractivity contribution in [3.8, 4) is 55.6 Å². The van der Waals surface area contributed by atoms with Crippen LogP contribution < -0.4 is 4.90 Å². The first kappa shape index (κ1) is 37.3. The Morgan fingerprint density at radius 2 is 0.750 bits per heavy atom. The molecule has 0 aliphatic carbocycles. The molecule has 12 rings (SSSR count). The lowest BCUT2D eigenvalue weighted by Gasteiger charge is -2.28. The van der Waals surface area contributed by atoms with Crippen LogP contribution in [-0.4, -0.2) is 0 Å². The standard InChI is InChI=1S/C62H41NO/c1-2-14-48-41-51(31-28-42(48)12-1)50-17-9-16-49(40-50)43-26-29-46(30-27-43)56-19-5-7-24-60(56)63(52-36-32-45(33-37-52)55-21-10-15-44-13-3-4-18-54(44)55)53-38-34-47(35-39-53)57-22-11-23-59-58-20-6-8-25-61(58)64-62(57)59/h1-41H. The summed E-state index contributed by atoms with van der Waals surface area (Å²) in [5, 5.41) is 7.25. The van der Waals surface area contributed by atoms with E-state index in [0.717, 1.165) is 61.3 Å². The number of hydrogen-bond donors (Lipinski definition) is 0. The second-order valence-corrected chi connectivity index (χ2v) is 16.5. The molecular weight excluding hydrogens is 775 g/mol. The van der Waals surface area contributed by atoms with E-state index in [1.165, 1.54) is 54.9 Å². The summed E-state index contributed by atoms with van der Waals surface area (Å²) in [4.78, 5) is 2.38. The molecule has 1 heterocycles. The molecule has 11 aromatic carbocycles. The van der Waals surface area contributed by atoms with Crippen LogP contribution in [0.1, 0.15) is 0 Å². The van der Waals surface area contributed by atoms with Crippen molar-refractivity contribution in [2.24, 2.45) is 0 Å². The molecule has 64 heavy (non-hydrogen) atoms. The number of rotatable bonds is 8. The molecule has 0 unspecified atom stereocenters. The van der Waals surface area contributed by atoms with Gasteiger partial charge in [0.25, 0.3) is 0 Å². The third-order valence-corrected chi connectivity index (χ3v) is 12.7. The Morgan fingerprint density at radius 1 is 0.266 bits per heavy atom. The first-order valence-corrected chi connectivity index (χ1v) is 21.9. The molecule has 0 radical (unpaired) electrons. The largest absolute Gasteiger partial charge is 0.455 e. The minimum absolute atomic E-state index is 0.902. The molecule has 0 aliphatic rings. The van der Waals surface area contributed by atoms with Crippen LogP contribution in [0.5, 0.6) is 0 Å². The maximum absolute atomic E-state index is 6.46. The van der Waals surface area contributed by atoms with Crippen molar-refractivity contribution in [3.63, 3.8) is 0 Å². The molecule has 0 spiro atoms. The van der Waals surface area contributed by atoms with Gasteiger partial charge in [-0.2, -0.15) is 0 Å². The lowest BCUT2D eigenvalue weighted by molar-refractivity contribution is 0.670. The maximum atomic E-state index is 6.46. The van der Waals surface area contributed by atoms with E-state index in [-0.39, 0.29) is 0 Å². The Bertz CT molecular complexity index is 3650. The van der Waals surface area contributed by atoms with E-state index < -0.39 is 0 Å². The lowest BCUT2D eigenvalue weighted by atomic mass is 9.95. The van der Waals surface area contributed by atoms with Gasteiger partial charge in [0.05, 0.1) is 5.69 Å². The minimum atomic E-state index is 0.902. The molecule has 0 amide bonds. The Balaban J connectivity index is 0.930. The van der Waals surface area contributed by atoms with E-state index in [1.807, 2.05) is 12.1 Å². The van der Waals surface area contributed by atoms with Gasteiger partial charge < -0.3 is 9.32 Å². The van der Waals surface area contributed by atoms with Gasteiger partial charge in [-0.1, -0.05) is 200 Å². The predicted octanol–water partition coefficient (Wildman–Crippen LogP) is 17.7. The van der Waals surface area contributed by atoms with Crippen LogP contribution in [0.4, 0.5) is 17.1 Å². The first-order chi connectivity index (χ1) is 31.7. The smallest absolute Gasteiger partial charge is 0.143 e. The number of hydrogen-bond acceptors (Lipinski definition) is 2. The van der Waals surface area contributed by atoms with Crippen LogP contribution in [-0.2, 0) is 0 Å². The van der Waals surface area contributed by atoms with E-state index in [4.69, 9.17) is 4.42 Å². The van der Waals surface area contributed by atoms with Gasteiger partial charge in [0, 0.05) is 33.3 Å². The molecule has 0 aliphatic heterocycles. The predicted molar refractivity (Wildman–Crippen MR) is 271 cm³/mol. The Hall–Kier alpha value is -8.46. The summed E-state index contributed by atoms with van der Waals surface area (Å²) in [6.45, 7) is 0. The van der Waals surface area contributed by atoms with Crippen LogP contribution in [0.3, 0.4) is 0 Å². The van der Waals surface area contributed by atoms with E-state index in [9.17, 15) is 0 Å². The van der Waals surface area contributed by atoms with Crippen LogP contribution in [0.25, 0.3) is 99.1 Å². The molecule has 12 aromatic rings. The number of anilines is 3. The Kier molecular flexibility index (Phi) is 9.20. The van der Waals surface area contributed by atoms with Gasteiger partial charge in [0.15, 0.2) is 0 Å². The highest BCUT2D eigenvalue weighted by atomic mass is 16.3. The first-order valence-electron chi connectivity index (χ1n) is 21.9. The third-order valence-electron chi connectivity index (χ3n) is 12.7. The molecular formula is C62H41NO. The second kappa shape index (κ2) is 15.8. The Labute approximate surface area is 372 Å². The fraction of sp³-hybridized carbons (Fsp3) is 0. The van der Waals surface area contributed by atoms with Gasteiger partial charge in [-0.15, -0.1) is 0 Å². The van der Waals surface area contributed by atoms with Crippen molar-refractivity contribution < 1.29 is 4.42 Å². The van der Waals surface area contributed by atoms with Gasteiger partial charge in [-0.3, -0.25) is 0 Å². The van der Waals surface area contributed by atoms with Crippen molar-refractivity contribution in [1.82, 2.24) is 0 Å². The van der Waals surface area contributed by atoms with E-state index in [0.29, 0.717) is 0 Å². The van der Waals surface area contributed by atoms with E-state index in [1.54, 1.807) is 0 Å². The third kappa shape index (κ3) is 6.70. The summed E-state index contributed by atoms with van der Waals surface area (Å²) in [5.74, 6) is 0. The maximum Gasteiger partial charge on any atom is 0.143 e. The lowest BCUT2D eigenvalue weighted by Crippen LogP contribution is -2.11. The molecule has 0 saturated carbocycles. The number of fused-ring (bicyclic) bond motifs is 5. The number of nitrogens with zero attached hydrogens (tertiary/aromatic N) is 1. The molecule has 300 valence electrons. The second-order valence-electron chi connectivity index (χ2n) is 16.5. The van der Waals surface area contributed by atoms with Gasteiger partial charge in [-0.25, -0.2) is 0 Å². The molecule has 0 bridgehead atoms. The van der Waals surface area contributed by atoms with Crippen molar-refractivity contribution in [2.45, 2.75) is 0 Å². The summed E-state index contributed by atoms with van der Waals surface area (Å²) in [5.41, 5.74) is 16.7. The SMILES string of the molecule is c1cc(-c2ccc(-c3ccccc3N(c3ccc(-c4cccc5ccccc45)cc3)c3ccc(-c4cccc5c4oc4ccccc45)cc3)cc2)cc(-c2ccc3ccccc3c2)c1. The van der Waals surface area contributed by atoms with Crippen molar-refractivity contribution >= 4 is 60.5 Å². The molecule has 1 aromatic heterocycles. The molecule has 0 atom stereocenters. The van der Waals surface area contributed by atoms with Crippen molar-refractivity contribution in [3.05, 3.63) is 249 Å². The number of furan rings is 1. The van der Waals surface area contributed by atoms with Crippen LogP contribution in [0.2, 0.25) is 0 Å². The summed E-state index contributed by atoms with van der Waals surface area (Å²) in [6.07, 6.45) is 0. The zero-order valence-corrected chi connectivity index (χ0v) is 35.0. The van der Waals surface area contributed by atoms with Gasteiger partial charge in [0.1, 0.15) is 11.2 Å². The molecule has 2 nitrogen and oxygen atoms in total. The fourth-order valence-electron chi connectivity index (χ4n) is 9.46. The molecule has 0 fully saturated rings. The van der Waals surface area contributed by atoms with Gasteiger partial charge >= 0.3 is 0 Å². The highest BCUT2D eigenvalue weighted by Crippen LogP contribution is 2.44. The van der Waals surface area contributed by atoms with Crippen LogP contribution in [0, 0.1) is 0 Å². The quantitative estimate of drug-likeness (QED) is 0.152. The zero-order chi connectivity index (χ0) is 42.4. The van der Waals surface area contributed by atoms with E-state index >= 15 is 0 Å². The summed E-state index contributed by atoms with van der Waals surface area (Å²) in [7, 11) is 0. The Morgan fingerprint density at radius 3 is 1.55 bits per heavy atom. The average Bonchev–Trinajstić information content (AvgIpc) is 3.76. The summed E-state index contributed by atoms with van der Waals surface area (Å²) < 4.78 is 6.46. The summed E-state index contributed by atoms with van der Waals surface area (Å²) in [6, 6.07) is 89.7. The number of benzene rings is 11. The molecule has 0 N–H and O–H groups in total. The number of para-hydroxylation sites is 3. The van der Waals surface area contributed by atoms with E-state index in [2.05, 4.69) is 241 Å². The normalized spacial score (nSPS) is 11.4. The minimum Gasteiger partial charge on any atom is -0.455 e. The van der Waals surface area contributed by atoms with Gasteiger partial charge in [-0.05, 0) is 115 Å². The fourth-order valence-corrected chi connectivity index (χ4v) is 9.46.